The summed E-state index contributed by atoms with van der Waals surface area (Å²) < 4.78 is 23.2. The van der Waals surface area contributed by atoms with Gasteiger partial charge in [0.25, 0.3) is 0 Å². The molecule has 0 saturated carbocycles. The molecule has 1 saturated heterocycles. The van der Waals surface area contributed by atoms with Crippen molar-refractivity contribution in [1.29, 1.82) is 0 Å². The summed E-state index contributed by atoms with van der Waals surface area (Å²) in [7, 11) is 6.49. The maximum Gasteiger partial charge on any atom is 0.234 e. The van der Waals surface area contributed by atoms with Crippen molar-refractivity contribution in [1.82, 2.24) is 4.90 Å². The normalized spacial score (nSPS) is 16.5. The summed E-state index contributed by atoms with van der Waals surface area (Å²) in [6.45, 7) is 1.39. The van der Waals surface area contributed by atoms with Gasteiger partial charge in [0.2, 0.25) is 5.91 Å². The first-order chi connectivity index (χ1) is 15.4. The maximum atomic E-state index is 12.0. The predicted octanol–water partition coefficient (Wildman–Crippen LogP) is 4.24. The average molecular weight is 503 g/mol. The highest BCUT2D eigenvalue weighted by Gasteiger charge is 2.30. The van der Waals surface area contributed by atoms with Gasteiger partial charge in [0.15, 0.2) is 23.0 Å². The molecule has 4 rings (SSSR count). The number of primary amides is 1. The van der Waals surface area contributed by atoms with Crippen LogP contribution in [0.25, 0.3) is 21.5 Å². The van der Waals surface area contributed by atoms with Crippen molar-refractivity contribution in [3.63, 3.8) is 0 Å². The highest BCUT2D eigenvalue weighted by Crippen LogP contribution is 2.45. The number of hydrogen-bond acceptors (Lipinski definition) is 6. The SMILES string of the molecule is COc1cc2c(Br)c(CN3CCC[C@@H]3C(N)=O)c3cc(OC)c(OC)cc3c2cc1OC. The monoisotopic (exact) mass is 502 g/mol. The lowest BCUT2D eigenvalue weighted by molar-refractivity contribution is -0.122. The Bertz CT molecular complexity index is 1200. The summed E-state index contributed by atoms with van der Waals surface area (Å²) in [6, 6.07) is 7.64. The molecule has 7 nitrogen and oxygen atoms in total. The Labute approximate surface area is 195 Å². The molecule has 8 heteroatoms. The first kappa shape index (κ1) is 22.5. The van der Waals surface area contributed by atoms with Crippen LogP contribution in [-0.2, 0) is 11.3 Å². The fourth-order valence-corrected chi connectivity index (χ4v) is 5.28. The number of likely N-dealkylation sites (tertiary alicyclic amines) is 1. The second kappa shape index (κ2) is 9.03. The number of nitrogens with zero attached hydrogens (tertiary/aromatic N) is 1. The van der Waals surface area contributed by atoms with E-state index in [0.29, 0.717) is 29.5 Å². The van der Waals surface area contributed by atoms with Gasteiger partial charge >= 0.3 is 0 Å². The summed E-state index contributed by atoms with van der Waals surface area (Å²) >= 11 is 3.85. The van der Waals surface area contributed by atoms with Gasteiger partial charge in [-0.05, 0) is 81.3 Å². The minimum Gasteiger partial charge on any atom is -0.493 e. The van der Waals surface area contributed by atoms with Gasteiger partial charge in [0.1, 0.15) is 0 Å². The zero-order chi connectivity index (χ0) is 23.0. The van der Waals surface area contributed by atoms with Crippen molar-refractivity contribution in [2.75, 3.05) is 35.0 Å². The molecule has 1 aliphatic rings. The topological polar surface area (TPSA) is 83.3 Å². The van der Waals surface area contributed by atoms with Crippen molar-refractivity contribution in [2.45, 2.75) is 25.4 Å². The number of carbonyl (C=O) groups excluding carboxylic acids is 1. The summed E-state index contributed by atoms with van der Waals surface area (Å²) in [6.07, 6.45) is 1.72. The Balaban J connectivity index is 2.04. The van der Waals surface area contributed by atoms with Crippen LogP contribution in [0.4, 0.5) is 0 Å². The molecule has 32 heavy (non-hydrogen) atoms. The van der Waals surface area contributed by atoms with Crippen molar-refractivity contribution in [2.24, 2.45) is 5.73 Å². The Morgan fingerprint density at radius 3 is 1.88 bits per heavy atom. The summed E-state index contributed by atoms with van der Waals surface area (Å²) in [4.78, 5) is 14.1. The van der Waals surface area contributed by atoms with Gasteiger partial charge in [0.05, 0.1) is 34.5 Å². The molecule has 0 radical (unpaired) electrons. The predicted molar refractivity (Wildman–Crippen MR) is 128 cm³/mol. The molecule has 3 aromatic rings. The summed E-state index contributed by atoms with van der Waals surface area (Å²) in [5.74, 6) is 2.28. The Kier molecular flexibility index (Phi) is 6.35. The van der Waals surface area contributed by atoms with E-state index >= 15 is 0 Å². The number of rotatable bonds is 7. The van der Waals surface area contributed by atoms with E-state index in [2.05, 4.69) is 20.8 Å². The lowest BCUT2D eigenvalue weighted by Crippen LogP contribution is -2.39. The van der Waals surface area contributed by atoms with E-state index in [-0.39, 0.29) is 11.9 Å². The Hall–Kier alpha value is -2.71. The number of nitrogens with two attached hydrogens (primary N) is 1. The van der Waals surface area contributed by atoms with Crippen molar-refractivity contribution in [3.05, 3.63) is 34.3 Å². The number of hydrogen-bond donors (Lipinski definition) is 1. The van der Waals surface area contributed by atoms with Crippen LogP contribution in [0, 0.1) is 0 Å². The molecule has 1 aliphatic heterocycles. The highest BCUT2D eigenvalue weighted by atomic mass is 79.9. The molecule has 1 atom stereocenters. The Morgan fingerprint density at radius 1 is 0.906 bits per heavy atom. The minimum absolute atomic E-state index is 0.266. The first-order valence-electron chi connectivity index (χ1n) is 10.4. The lowest BCUT2D eigenvalue weighted by Gasteiger charge is -2.25. The van der Waals surface area contributed by atoms with Crippen molar-refractivity contribution < 1.29 is 23.7 Å². The van der Waals surface area contributed by atoms with E-state index in [9.17, 15) is 4.79 Å². The number of fused-ring (bicyclic) bond motifs is 3. The number of carbonyl (C=O) groups is 1. The third-order valence-corrected chi connectivity index (χ3v) is 7.12. The molecule has 0 aromatic heterocycles. The molecular formula is C24H27BrN2O5. The highest BCUT2D eigenvalue weighted by molar-refractivity contribution is 9.10. The summed E-state index contributed by atoms with van der Waals surface area (Å²) in [5, 5.41) is 3.96. The molecule has 0 aliphatic carbocycles. The van der Waals surface area contributed by atoms with Crippen molar-refractivity contribution >= 4 is 43.4 Å². The molecule has 0 unspecified atom stereocenters. The fourth-order valence-electron chi connectivity index (χ4n) is 4.61. The third kappa shape index (κ3) is 3.71. The zero-order valence-electron chi connectivity index (χ0n) is 18.7. The maximum absolute atomic E-state index is 12.0. The van der Waals surface area contributed by atoms with Crippen LogP contribution in [0.5, 0.6) is 23.0 Å². The van der Waals surface area contributed by atoms with E-state index in [0.717, 1.165) is 51.0 Å². The zero-order valence-corrected chi connectivity index (χ0v) is 20.2. The van der Waals surface area contributed by atoms with Crippen LogP contribution >= 0.6 is 15.9 Å². The fraction of sp³-hybridized carbons (Fsp3) is 0.375. The van der Waals surface area contributed by atoms with Gasteiger partial charge in [0, 0.05) is 16.4 Å². The molecule has 0 spiro atoms. The van der Waals surface area contributed by atoms with E-state index in [1.165, 1.54) is 0 Å². The van der Waals surface area contributed by atoms with Gasteiger partial charge < -0.3 is 24.7 Å². The molecule has 0 bridgehead atoms. The van der Waals surface area contributed by atoms with Crippen LogP contribution in [0.2, 0.25) is 0 Å². The average Bonchev–Trinajstić information content (AvgIpc) is 3.28. The molecular weight excluding hydrogens is 476 g/mol. The molecule has 2 N–H and O–H groups in total. The number of halogens is 1. The number of methoxy groups -OCH3 is 4. The number of benzene rings is 3. The second-order valence-corrected chi connectivity index (χ2v) is 8.62. The van der Waals surface area contributed by atoms with Gasteiger partial charge in [-0.15, -0.1) is 0 Å². The standard InChI is InChI=1S/C24H27BrN2O5/c1-29-19-8-13-14-9-20(30-2)22(32-4)11-16(14)23(25)17(15(13)10-21(19)31-3)12-27-7-5-6-18(27)24(26)28/h8-11,18H,5-7,12H2,1-4H3,(H2,26,28)/t18-/m1/s1. The molecule has 1 fully saturated rings. The molecule has 170 valence electrons. The van der Waals surface area contributed by atoms with Gasteiger partial charge in [-0.1, -0.05) is 0 Å². The van der Waals surface area contributed by atoms with Gasteiger partial charge in [-0.2, -0.15) is 0 Å². The molecule has 1 amide bonds. The van der Waals surface area contributed by atoms with E-state index < -0.39 is 0 Å². The number of ether oxygens (including phenoxy) is 4. The molecule has 3 aromatic carbocycles. The van der Waals surface area contributed by atoms with Crippen LogP contribution in [0.15, 0.2) is 28.7 Å². The van der Waals surface area contributed by atoms with Crippen LogP contribution in [0.1, 0.15) is 18.4 Å². The lowest BCUT2D eigenvalue weighted by atomic mass is 9.95. The largest absolute Gasteiger partial charge is 0.493 e. The molecule has 1 heterocycles. The Morgan fingerprint density at radius 2 is 1.38 bits per heavy atom. The second-order valence-electron chi connectivity index (χ2n) is 7.83. The van der Waals surface area contributed by atoms with Gasteiger partial charge in [-0.25, -0.2) is 0 Å². The van der Waals surface area contributed by atoms with E-state index in [1.54, 1.807) is 28.4 Å². The minimum atomic E-state index is -0.283. The summed E-state index contributed by atoms with van der Waals surface area (Å²) in [5.41, 5.74) is 6.73. The smallest absolute Gasteiger partial charge is 0.234 e. The van der Waals surface area contributed by atoms with Gasteiger partial charge in [-0.3, -0.25) is 9.69 Å². The third-order valence-electron chi connectivity index (χ3n) is 6.22. The van der Waals surface area contributed by atoms with E-state index in [4.69, 9.17) is 24.7 Å². The quantitative estimate of drug-likeness (QED) is 0.486. The van der Waals surface area contributed by atoms with Crippen LogP contribution in [0.3, 0.4) is 0 Å². The first-order valence-corrected chi connectivity index (χ1v) is 11.2. The van der Waals surface area contributed by atoms with Crippen LogP contribution in [-0.4, -0.2) is 51.8 Å². The van der Waals surface area contributed by atoms with Crippen LogP contribution < -0.4 is 24.7 Å². The van der Waals surface area contributed by atoms with Crippen molar-refractivity contribution in [3.8, 4) is 23.0 Å². The number of amides is 1. The van der Waals surface area contributed by atoms with E-state index in [1.807, 2.05) is 24.3 Å².